The molecule has 2 atom stereocenters. The van der Waals surface area contributed by atoms with Crippen molar-refractivity contribution in [2.75, 3.05) is 11.4 Å². The van der Waals surface area contributed by atoms with Gasteiger partial charge in [0.1, 0.15) is 23.3 Å². The number of hydrogen-bond acceptors (Lipinski definition) is 4. The van der Waals surface area contributed by atoms with Gasteiger partial charge < -0.3 is 10.0 Å². The van der Waals surface area contributed by atoms with Crippen LogP contribution in [0, 0.1) is 18.6 Å². The Bertz CT molecular complexity index is 811. The van der Waals surface area contributed by atoms with Crippen LogP contribution in [0.1, 0.15) is 47.9 Å². The fourth-order valence-corrected chi connectivity index (χ4v) is 4.04. The van der Waals surface area contributed by atoms with Crippen LogP contribution in [0.2, 0.25) is 0 Å². The van der Waals surface area contributed by atoms with E-state index in [0.717, 1.165) is 54.9 Å². The van der Waals surface area contributed by atoms with Crippen molar-refractivity contribution in [3.63, 3.8) is 0 Å². The zero-order valence-corrected chi connectivity index (χ0v) is 14.2. The second-order valence-corrected chi connectivity index (χ2v) is 6.95. The van der Waals surface area contributed by atoms with E-state index in [-0.39, 0.29) is 5.56 Å². The van der Waals surface area contributed by atoms with Gasteiger partial charge in [0.05, 0.1) is 12.1 Å². The van der Waals surface area contributed by atoms with Crippen LogP contribution in [0.4, 0.5) is 14.6 Å². The molecule has 2 unspecified atom stereocenters. The van der Waals surface area contributed by atoms with Crippen molar-refractivity contribution in [2.24, 2.45) is 0 Å². The summed E-state index contributed by atoms with van der Waals surface area (Å²) in [6.07, 6.45) is 3.74. The Balaban J connectivity index is 1.81. The van der Waals surface area contributed by atoms with Gasteiger partial charge in [-0.15, -0.1) is 0 Å². The molecule has 132 valence electrons. The van der Waals surface area contributed by atoms with Crippen molar-refractivity contribution in [2.45, 2.75) is 51.2 Å². The number of β-amino-alcohol motifs (C(OH)–C–C–N with tert-alkyl or cyclic N) is 1. The lowest BCUT2D eigenvalue weighted by Crippen LogP contribution is -2.28. The van der Waals surface area contributed by atoms with E-state index >= 15 is 0 Å². The quantitative estimate of drug-likeness (QED) is 0.908. The molecule has 0 saturated carbocycles. The van der Waals surface area contributed by atoms with Crippen molar-refractivity contribution in [3.8, 4) is 0 Å². The van der Waals surface area contributed by atoms with Crippen LogP contribution in [-0.4, -0.2) is 27.7 Å². The summed E-state index contributed by atoms with van der Waals surface area (Å²) in [5.41, 5.74) is 2.42. The Morgan fingerprint density at radius 1 is 1.16 bits per heavy atom. The molecule has 2 heterocycles. The monoisotopic (exact) mass is 345 g/mol. The third kappa shape index (κ3) is 2.99. The number of anilines is 1. The second-order valence-electron chi connectivity index (χ2n) is 6.95. The molecule has 2 aromatic rings. The highest BCUT2D eigenvalue weighted by Gasteiger charge is 2.36. The number of aliphatic hydroxyl groups excluding tert-OH is 1. The molecule has 1 aliphatic carbocycles. The molecule has 1 aliphatic heterocycles. The first-order valence-corrected chi connectivity index (χ1v) is 8.79. The maximum atomic E-state index is 14.3. The molecule has 1 aromatic heterocycles. The first-order valence-electron chi connectivity index (χ1n) is 8.79. The number of nitrogens with zero attached hydrogens (tertiary/aromatic N) is 3. The van der Waals surface area contributed by atoms with Crippen LogP contribution in [-0.2, 0) is 12.8 Å². The highest BCUT2D eigenvalue weighted by molar-refractivity contribution is 5.54. The Morgan fingerprint density at radius 3 is 2.80 bits per heavy atom. The molecule has 2 aliphatic rings. The third-order valence-electron chi connectivity index (χ3n) is 5.14. The normalized spacial score (nSPS) is 23.0. The lowest BCUT2D eigenvalue weighted by Gasteiger charge is -2.30. The SMILES string of the molecule is Cc1nc2c(c(N3CC(O)CC3c3cc(F)ccc3F)n1)CCCC2. The second kappa shape index (κ2) is 6.33. The predicted molar refractivity (Wildman–Crippen MR) is 90.5 cm³/mol. The molecule has 1 saturated heterocycles. The van der Waals surface area contributed by atoms with Crippen LogP contribution in [0.25, 0.3) is 0 Å². The van der Waals surface area contributed by atoms with Crippen molar-refractivity contribution >= 4 is 5.82 Å². The Labute approximate surface area is 145 Å². The van der Waals surface area contributed by atoms with Gasteiger partial charge in [-0.3, -0.25) is 0 Å². The lowest BCUT2D eigenvalue weighted by molar-refractivity contribution is 0.194. The summed E-state index contributed by atoms with van der Waals surface area (Å²) >= 11 is 0. The first-order chi connectivity index (χ1) is 12.0. The summed E-state index contributed by atoms with van der Waals surface area (Å²) in [4.78, 5) is 11.1. The maximum Gasteiger partial charge on any atom is 0.136 e. The lowest BCUT2D eigenvalue weighted by atomic mass is 9.95. The van der Waals surface area contributed by atoms with E-state index in [1.165, 1.54) is 6.07 Å². The Hall–Kier alpha value is -2.08. The van der Waals surface area contributed by atoms with Crippen molar-refractivity contribution in [3.05, 3.63) is 52.5 Å². The van der Waals surface area contributed by atoms with E-state index in [4.69, 9.17) is 0 Å². The van der Waals surface area contributed by atoms with Crippen molar-refractivity contribution in [1.82, 2.24) is 9.97 Å². The standard InChI is InChI=1S/C19H21F2N3O/c1-11-22-17-5-3-2-4-14(17)19(23-11)24-10-13(25)9-18(24)15-8-12(20)6-7-16(15)21/h6-8,13,18,25H,2-5,9-10H2,1H3. The van der Waals surface area contributed by atoms with Crippen LogP contribution in [0.5, 0.6) is 0 Å². The minimum absolute atomic E-state index is 0.275. The molecule has 6 heteroatoms. The maximum absolute atomic E-state index is 14.3. The smallest absolute Gasteiger partial charge is 0.136 e. The predicted octanol–water partition coefficient (Wildman–Crippen LogP) is 3.25. The molecule has 0 radical (unpaired) electrons. The van der Waals surface area contributed by atoms with E-state index in [1.54, 1.807) is 0 Å². The van der Waals surface area contributed by atoms with Gasteiger partial charge in [-0.25, -0.2) is 18.7 Å². The molecule has 1 fully saturated rings. The van der Waals surface area contributed by atoms with Gasteiger partial charge in [-0.2, -0.15) is 0 Å². The molecule has 0 bridgehead atoms. The summed E-state index contributed by atoms with van der Waals surface area (Å²) in [5, 5.41) is 10.2. The zero-order chi connectivity index (χ0) is 17.6. The largest absolute Gasteiger partial charge is 0.391 e. The molecule has 4 nitrogen and oxygen atoms in total. The molecular weight excluding hydrogens is 324 g/mol. The molecule has 4 rings (SSSR count). The molecule has 0 spiro atoms. The number of halogens is 2. The Kier molecular flexibility index (Phi) is 4.15. The Morgan fingerprint density at radius 2 is 1.96 bits per heavy atom. The highest BCUT2D eigenvalue weighted by atomic mass is 19.1. The third-order valence-corrected chi connectivity index (χ3v) is 5.14. The van der Waals surface area contributed by atoms with Crippen LogP contribution in [0.15, 0.2) is 18.2 Å². The number of aromatic nitrogens is 2. The molecule has 25 heavy (non-hydrogen) atoms. The highest BCUT2D eigenvalue weighted by Crippen LogP contribution is 2.40. The van der Waals surface area contributed by atoms with Gasteiger partial charge >= 0.3 is 0 Å². The van der Waals surface area contributed by atoms with Gasteiger partial charge in [0.15, 0.2) is 0 Å². The summed E-state index contributed by atoms with van der Waals surface area (Å²) in [6.45, 7) is 2.21. The fourth-order valence-electron chi connectivity index (χ4n) is 4.04. The average Bonchev–Trinajstić information content (AvgIpc) is 2.97. The van der Waals surface area contributed by atoms with E-state index in [9.17, 15) is 13.9 Å². The van der Waals surface area contributed by atoms with E-state index < -0.39 is 23.8 Å². The van der Waals surface area contributed by atoms with Gasteiger partial charge in [0.25, 0.3) is 0 Å². The van der Waals surface area contributed by atoms with Gasteiger partial charge in [-0.05, 0) is 57.2 Å². The molecule has 1 aromatic carbocycles. The summed E-state index contributed by atoms with van der Waals surface area (Å²) in [5.74, 6) is 0.520. The van der Waals surface area contributed by atoms with E-state index in [2.05, 4.69) is 9.97 Å². The summed E-state index contributed by atoms with van der Waals surface area (Å²) in [6, 6.07) is 3.07. The van der Waals surface area contributed by atoms with Crippen molar-refractivity contribution < 1.29 is 13.9 Å². The average molecular weight is 345 g/mol. The molecular formula is C19H21F2N3O. The number of fused-ring (bicyclic) bond motifs is 1. The summed E-state index contributed by atoms with van der Waals surface area (Å²) < 4.78 is 28.0. The van der Waals surface area contributed by atoms with E-state index in [1.807, 2.05) is 11.8 Å². The minimum Gasteiger partial charge on any atom is -0.391 e. The number of hydrogen-bond donors (Lipinski definition) is 1. The van der Waals surface area contributed by atoms with Crippen molar-refractivity contribution in [1.29, 1.82) is 0 Å². The minimum atomic E-state index is -0.595. The molecule has 1 N–H and O–H groups in total. The van der Waals surface area contributed by atoms with E-state index in [0.29, 0.717) is 18.8 Å². The zero-order valence-electron chi connectivity index (χ0n) is 14.2. The van der Waals surface area contributed by atoms with Crippen LogP contribution >= 0.6 is 0 Å². The fraction of sp³-hybridized carbons (Fsp3) is 0.474. The first kappa shape index (κ1) is 16.4. The number of aliphatic hydroxyl groups is 1. The number of benzene rings is 1. The topological polar surface area (TPSA) is 49.2 Å². The van der Waals surface area contributed by atoms with Crippen LogP contribution in [0.3, 0.4) is 0 Å². The van der Waals surface area contributed by atoms with Gasteiger partial charge in [0, 0.05) is 23.4 Å². The number of rotatable bonds is 2. The summed E-state index contributed by atoms with van der Waals surface area (Å²) in [7, 11) is 0. The van der Waals surface area contributed by atoms with Gasteiger partial charge in [-0.1, -0.05) is 0 Å². The van der Waals surface area contributed by atoms with Gasteiger partial charge in [0.2, 0.25) is 0 Å². The molecule has 0 amide bonds. The number of aryl methyl sites for hydroxylation is 2. The van der Waals surface area contributed by atoms with Crippen LogP contribution < -0.4 is 4.90 Å².